The molecule has 82 valence electrons. The minimum Gasteiger partial charge on any atom is -0.496 e. The van der Waals surface area contributed by atoms with Gasteiger partial charge in [0.15, 0.2) is 0 Å². The minimum atomic E-state index is 0.739. The Hall–Kier alpha value is -2.03. The maximum absolute atomic E-state index is 5.30. The monoisotopic (exact) mass is 215 g/mol. The molecule has 0 unspecified atom stereocenters. The maximum atomic E-state index is 5.30. The van der Waals surface area contributed by atoms with Gasteiger partial charge in [-0.2, -0.15) is 0 Å². The Balaban J connectivity index is 2.49. The quantitative estimate of drug-likeness (QED) is 0.788. The van der Waals surface area contributed by atoms with E-state index < -0.39 is 0 Å². The number of nitrogens with zero attached hydrogens (tertiary/aromatic N) is 1. The SMILES string of the molecule is COc1cncc(-c2ccccc2OC)c1. The topological polar surface area (TPSA) is 31.4 Å². The van der Waals surface area contributed by atoms with Crippen molar-refractivity contribution in [3.63, 3.8) is 0 Å². The number of ether oxygens (including phenoxy) is 2. The van der Waals surface area contributed by atoms with Crippen LogP contribution < -0.4 is 9.47 Å². The van der Waals surface area contributed by atoms with Gasteiger partial charge in [0.25, 0.3) is 0 Å². The second-order valence-electron chi connectivity index (χ2n) is 3.31. The Labute approximate surface area is 94.7 Å². The third-order valence-electron chi connectivity index (χ3n) is 2.37. The lowest BCUT2D eigenvalue weighted by atomic mass is 10.1. The lowest BCUT2D eigenvalue weighted by Gasteiger charge is -2.08. The van der Waals surface area contributed by atoms with Gasteiger partial charge >= 0.3 is 0 Å². The van der Waals surface area contributed by atoms with Crippen LogP contribution in [0.2, 0.25) is 0 Å². The van der Waals surface area contributed by atoms with Gasteiger partial charge in [0, 0.05) is 17.3 Å². The zero-order valence-corrected chi connectivity index (χ0v) is 9.31. The molecule has 0 N–H and O–H groups in total. The van der Waals surface area contributed by atoms with Crippen LogP contribution in [0.5, 0.6) is 11.5 Å². The summed E-state index contributed by atoms with van der Waals surface area (Å²) >= 11 is 0. The summed E-state index contributed by atoms with van der Waals surface area (Å²) in [4.78, 5) is 4.13. The van der Waals surface area contributed by atoms with Crippen molar-refractivity contribution in [2.75, 3.05) is 14.2 Å². The first-order valence-electron chi connectivity index (χ1n) is 4.97. The molecule has 0 radical (unpaired) electrons. The summed E-state index contributed by atoms with van der Waals surface area (Å²) in [6, 6.07) is 9.77. The van der Waals surface area contributed by atoms with Crippen LogP contribution in [0.1, 0.15) is 0 Å². The Morgan fingerprint density at radius 1 is 1.00 bits per heavy atom. The highest BCUT2D eigenvalue weighted by molar-refractivity contribution is 5.70. The van der Waals surface area contributed by atoms with Crippen LogP contribution in [0.15, 0.2) is 42.7 Å². The molecule has 0 saturated carbocycles. The molecule has 1 aromatic carbocycles. The number of pyridine rings is 1. The normalized spacial score (nSPS) is 9.88. The van der Waals surface area contributed by atoms with E-state index in [4.69, 9.17) is 9.47 Å². The molecule has 0 aliphatic rings. The van der Waals surface area contributed by atoms with Gasteiger partial charge in [0.2, 0.25) is 0 Å². The van der Waals surface area contributed by atoms with Crippen LogP contribution >= 0.6 is 0 Å². The fraction of sp³-hybridized carbons (Fsp3) is 0.154. The van der Waals surface area contributed by atoms with Gasteiger partial charge in [-0.05, 0) is 12.1 Å². The highest BCUT2D eigenvalue weighted by Gasteiger charge is 2.05. The smallest absolute Gasteiger partial charge is 0.137 e. The molecule has 3 heteroatoms. The highest BCUT2D eigenvalue weighted by Crippen LogP contribution is 2.30. The van der Waals surface area contributed by atoms with E-state index in [2.05, 4.69) is 4.98 Å². The molecule has 0 spiro atoms. The van der Waals surface area contributed by atoms with Gasteiger partial charge in [0.05, 0.1) is 20.4 Å². The van der Waals surface area contributed by atoms with E-state index in [9.17, 15) is 0 Å². The van der Waals surface area contributed by atoms with Crippen molar-refractivity contribution in [3.05, 3.63) is 42.7 Å². The Morgan fingerprint density at radius 3 is 2.56 bits per heavy atom. The van der Waals surface area contributed by atoms with Crippen LogP contribution in [0.25, 0.3) is 11.1 Å². The number of rotatable bonds is 3. The van der Waals surface area contributed by atoms with Gasteiger partial charge in [0.1, 0.15) is 11.5 Å². The molecule has 0 fully saturated rings. The summed E-state index contributed by atoms with van der Waals surface area (Å²) in [6.45, 7) is 0. The van der Waals surface area contributed by atoms with Crippen molar-refractivity contribution in [3.8, 4) is 22.6 Å². The Morgan fingerprint density at radius 2 is 1.81 bits per heavy atom. The zero-order valence-electron chi connectivity index (χ0n) is 9.31. The van der Waals surface area contributed by atoms with Crippen LogP contribution in [0, 0.1) is 0 Å². The number of para-hydroxylation sites is 1. The first-order valence-corrected chi connectivity index (χ1v) is 4.97. The number of benzene rings is 1. The molecule has 2 rings (SSSR count). The van der Waals surface area contributed by atoms with Gasteiger partial charge in [-0.15, -0.1) is 0 Å². The number of methoxy groups -OCH3 is 2. The van der Waals surface area contributed by atoms with Crippen molar-refractivity contribution in [1.82, 2.24) is 4.98 Å². The second kappa shape index (κ2) is 4.66. The van der Waals surface area contributed by atoms with E-state index in [-0.39, 0.29) is 0 Å². The fourth-order valence-electron chi connectivity index (χ4n) is 1.56. The molecule has 0 saturated heterocycles. The first-order chi connectivity index (χ1) is 7.85. The van der Waals surface area contributed by atoms with Crippen molar-refractivity contribution in [1.29, 1.82) is 0 Å². The molecular formula is C13H13NO2. The van der Waals surface area contributed by atoms with Gasteiger partial charge in [-0.1, -0.05) is 18.2 Å². The summed E-state index contributed by atoms with van der Waals surface area (Å²) in [5.41, 5.74) is 1.99. The molecular weight excluding hydrogens is 202 g/mol. The zero-order chi connectivity index (χ0) is 11.4. The Kier molecular flexibility index (Phi) is 3.05. The molecule has 0 atom stereocenters. The van der Waals surface area contributed by atoms with E-state index in [1.54, 1.807) is 26.6 Å². The van der Waals surface area contributed by atoms with Gasteiger partial charge in [-0.25, -0.2) is 0 Å². The number of hydrogen-bond donors (Lipinski definition) is 0. The summed E-state index contributed by atoms with van der Waals surface area (Å²) in [7, 11) is 3.29. The van der Waals surface area contributed by atoms with Gasteiger partial charge in [-0.3, -0.25) is 4.98 Å². The second-order valence-corrected chi connectivity index (χ2v) is 3.31. The largest absolute Gasteiger partial charge is 0.496 e. The molecule has 1 aromatic heterocycles. The summed E-state index contributed by atoms with van der Waals surface area (Å²) in [6.07, 6.45) is 3.47. The summed E-state index contributed by atoms with van der Waals surface area (Å²) in [5, 5.41) is 0. The third-order valence-corrected chi connectivity index (χ3v) is 2.37. The van der Waals surface area contributed by atoms with Crippen LogP contribution in [0.3, 0.4) is 0 Å². The number of hydrogen-bond acceptors (Lipinski definition) is 3. The molecule has 0 amide bonds. The van der Waals surface area contributed by atoms with Crippen LogP contribution in [0.4, 0.5) is 0 Å². The van der Waals surface area contributed by atoms with Gasteiger partial charge < -0.3 is 9.47 Å². The number of aromatic nitrogens is 1. The van der Waals surface area contributed by atoms with Crippen molar-refractivity contribution >= 4 is 0 Å². The van der Waals surface area contributed by atoms with E-state index in [0.29, 0.717) is 0 Å². The van der Waals surface area contributed by atoms with E-state index in [0.717, 1.165) is 22.6 Å². The van der Waals surface area contributed by atoms with Crippen LogP contribution in [-0.4, -0.2) is 19.2 Å². The van der Waals surface area contributed by atoms with E-state index >= 15 is 0 Å². The average Bonchev–Trinajstić information content (AvgIpc) is 2.38. The summed E-state index contributed by atoms with van der Waals surface area (Å²) in [5.74, 6) is 1.57. The Bertz CT molecular complexity index is 483. The standard InChI is InChI=1S/C13H13NO2/c1-15-11-7-10(8-14-9-11)12-5-3-4-6-13(12)16-2/h3-9H,1-2H3. The fourth-order valence-corrected chi connectivity index (χ4v) is 1.56. The maximum Gasteiger partial charge on any atom is 0.137 e. The van der Waals surface area contributed by atoms with Crippen LogP contribution in [-0.2, 0) is 0 Å². The van der Waals surface area contributed by atoms with Crippen molar-refractivity contribution < 1.29 is 9.47 Å². The molecule has 0 bridgehead atoms. The predicted octanol–water partition coefficient (Wildman–Crippen LogP) is 2.77. The van der Waals surface area contributed by atoms with E-state index in [1.165, 1.54) is 0 Å². The molecule has 0 aliphatic heterocycles. The molecule has 0 aliphatic carbocycles. The molecule has 2 aromatic rings. The molecule has 3 nitrogen and oxygen atoms in total. The lowest BCUT2D eigenvalue weighted by molar-refractivity contribution is 0.412. The lowest BCUT2D eigenvalue weighted by Crippen LogP contribution is -1.89. The highest BCUT2D eigenvalue weighted by atomic mass is 16.5. The van der Waals surface area contributed by atoms with Crippen molar-refractivity contribution in [2.24, 2.45) is 0 Å². The minimum absolute atomic E-state index is 0.739. The predicted molar refractivity (Wildman–Crippen MR) is 62.8 cm³/mol. The first kappa shape index (κ1) is 10.5. The molecule has 1 heterocycles. The average molecular weight is 215 g/mol. The summed E-state index contributed by atoms with van der Waals surface area (Å²) < 4.78 is 10.5. The van der Waals surface area contributed by atoms with E-state index in [1.807, 2.05) is 30.3 Å². The molecule has 16 heavy (non-hydrogen) atoms. The third kappa shape index (κ3) is 1.98. The van der Waals surface area contributed by atoms with Crippen molar-refractivity contribution in [2.45, 2.75) is 0 Å².